The van der Waals surface area contributed by atoms with Gasteiger partial charge in [0.1, 0.15) is 0 Å². The highest BCUT2D eigenvalue weighted by Crippen LogP contribution is 2.16. The van der Waals surface area contributed by atoms with E-state index in [2.05, 4.69) is 25.7 Å². The fraction of sp³-hybridized carbons (Fsp3) is 1.00. The van der Waals surface area contributed by atoms with E-state index in [0.717, 1.165) is 5.92 Å². The summed E-state index contributed by atoms with van der Waals surface area (Å²) >= 11 is 0. The summed E-state index contributed by atoms with van der Waals surface area (Å²) in [7, 11) is 0. The summed E-state index contributed by atoms with van der Waals surface area (Å²) in [6.45, 7) is 9.24. The Labute approximate surface area is 76.1 Å². The van der Waals surface area contributed by atoms with Crippen LogP contribution in [0.3, 0.4) is 0 Å². The molecule has 72 valence electrons. The maximum atomic E-state index is 5.93. The van der Waals surface area contributed by atoms with Gasteiger partial charge in [0.2, 0.25) is 0 Å². The third-order valence-electron chi connectivity index (χ3n) is 2.94. The third-order valence-corrected chi connectivity index (χ3v) is 2.94. The molecule has 0 bridgehead atoms. The van der Waals surface area contributed by atoms with E-state index >= 15 is 0 Å². The first-order chi connectivity index (χ1) is 5.61. The van der Waals surface area contributed by atoms with E-state index < -0.39 is 0 Å². The van der Waals surface area contributed by atoms with Gasteiger partial charge in [0.25, 0.3) is 0 Å². The highest BCUT2D eigenvalue weighted by atomic mass is 15.2. The molecule has 0 aromatic heterocycles. The minimum atomic E-state index is 0.414. The number of nitrogens with two attached hydrogens (primary N) is 1. The van der Waals surface area contributed by atoms with Gasteiger partial charge in [-0.1, -0.05) is 13.8 Å². The molecule has 0 amide bonds. The SMILES string of the molecule is CC(C)CCN1CCC(N)C1C. The van der Waals surface area contributed by atoms with Gasteiger partial charge in [-0.05, 0) is 32.2 Å². The molecule has 1 rings (SSSR count). The van der Waals surface area contributed by atoms with Crippen LogP contribution in [0.4, 0.5) is 0 Å². The van der Waals surface area contributed by atoms with Crippen molar-refractivity contribution in [2.45, 2.75) is 45.7 Å². The molecule has 0 radical (unpaired) electrons. The monoisotopic (exact) mass is 170 g/mol. The second-order valence-corrected chi connectivity index (χ2v) is 4.41. The zero-order valence-electron chi connectivity index (χ0n) is 8.59. The summed E-state index contributed by atoms with van der Waals surface area (Å²) in [6.07, 6.45) is 2.48. The largest absolute Gasteiger partial charge is 0.326 e. The van der Waals surface area contributed by atoms with Crippen LogP contribution in [0.5, 0.6) is 0 Å². The van der Waals surface area contributed by atoms with Crippen LogP contribution in [-0.4, -0.2) is 30.1 Å². The Bertz CT molecular complexity index is 134. The van der Waals surface area contributed by atoms with Gasteiger partial charge in [-0.25, -0.2) is 0 Å². The Kier molecular flexibility index (Phi) is 3.53. The predicted octanol–water partition coefficient (Wildman–Crippen LogP) is 1.45. The molecule has 2 unspecified atom stereocenters. The van der Waals surface area contributed by atoms with Crippen molar-refractivity contribution < 1.29 is 0 Å². The van der Waals surface area contributed by atoms with Gasteiger partial charge in [-0.15, -0.1) is 0 Å². The minimum Gasteiger partial charge on any atom is -0.326 e. The predicted molar refractivity (Wildman–Crippen MR) is 53.1 cm³/mol. The van der Waals surface area contributed by atoms with Gasteiger partial charge in [0.05, 0.1) is 0 Å². The lowest BCUT2D eigenvalue weighted by atomic mass is 10.1. The summed E-state index contributed by atoms with van der Waals surface area (Å²) in [5, 5.41) is 0. The average molecular weight is 170 g/mol. The van der Waals surface area contributed by atoms with E-state index in [1.807, 2.05) is 0 Å². The molecule has 1 aliphatic heterocycles. The Balaban J connectivity index is 2.24. The molecule has 0 spiro atoms. The molecule has 1 aliphatic rings. The van der Waals surface area contributed by atoms with Crippen LogP contribution in [0.15, 0.2) is 0 Å². The van der Waals surface area contributed by atoms with Crippen molar-refractivity contribution in [1.82, 2.24) is 4.90 Å². The third kappa shape index (κ3) is 2.46. The van der Waals surface area contributed by atoms with Gasteiger partial charge < -0.3 is 5.73 Å². The van der Waals surface area contributed by atoms with Crippen LogP contribution in [-0.2, 0) is 0 Å². The van der Waals surface area contributed by atoms with Crippen molar-refractivity contribution in [3.63, 3.8) is 0 Å². The highest BCUT2D eigenvalue weighted by molar-refractivity contribution is 4.86. The first-order valence-electron chi connectivity index (χ1n) is 5.11. The zero-order valence-corrected chi connectivity index (χ0v) is 8.59. The van der Waals surface area contributed by atoms with Gasteiger partial charge in [0, 0.05) is 18.6 Å². The van der Waals surface area contributed by atoms with E-state index in [1.165, 1.54) is 25.9 Å². The zero-order chi connectivity index (χ0) is 9.14. The van der Waals surface area contributed by atoms with Crippen LogP contribution in [0, 0.1) is 5.92 Å². The Morgan fingerprint density at radius 3 is 2.58 bits per heavy atom. The number of likely N-dealkylation sites (tertiary alicyclic amines) is 1. The van der Waals surface area contributed by atoms with Crippen molar-refractivity contribution in [3.05, 3.63) is 0 Å². The van der Waals surface area contributed by atoms with Crippen molar-refractivity contribution in [2.24, 2.45) is 11.7 Å². The average Bonchev–Trinajstić information content (AvgIpc) is 2.30. The van der Waals surface area contributed by atoms with E-state index in [-0.39, 0.29) is 0 Å². The van der Waals surface area contributed by atoms with E-state index in [0.29, 0.717) is 12.1 Å². The lowest BCUT2D eigenvalue weighted by Crippen LogP contribution is -2.37. The molecule has 0 aromatic rings. The molecular weight excluding hydrogens is 148 g/mol. The van der Waals surface area contributed by atoms with Crippen molar-refractivity contribution in [1.29, 1.82) is 0 Å². The molecule has 1 fully saturated rings. The Morgan fingerprint density at radius 2 is 2.17 bits per heavy atom. The summed E-state index contributed by atoms with van der Waals surface area (Å²) in [5.74, 6) is 0.814. The van der Waals surface area contributed by atoms with Crippen LogP contribution in [0.2, 0.25) is 0 Å². The van der Waals surface area contributed by atoms with Gasteiger partial charge >= 0.3 is 0 Å². The summed E-state index contributed by atoms with van der Waals surface area (Å²) in [5.41, 5.74) is 5.93. The van der Waals surface area contributed by atoms with Gasteiger partial charge in [-0.3, -0.25) is 4.90 Å². The number of hydrogen-bond acceptors (Lipinski definition) is 2. The van der Waals surface area contributed by atoms with Crippen LogP contribution in [0.1, 0.15) is 33.6 Å². The molecule has 2 atom stereocenters. The molecule has 2 N–H and O–H groups in total. The van der Waals surface area contributed by atoms with Crippen molar-refractivity contribution in [2.75, 3.05) is 13.1 Å². The molecule has 0 saturated carbocycles. The summed E-state index contributed by atoms with van der Waals surface area (Å²) in [6, 6.07) is 1.01. The number of nitrogens with zero attached hydrogens (tertiary/aromatic N) is 1. The topological polar surface area (TPSA) is 29.3 Å². The fourth-order valence-corrected chi connectivity index (χ4v) is 1.77. The van der Waals surface area contributed by atoms with E-state index in [1.54, 1.807) is 0 Å². The smallest absolute Gasteiger partial charge is 0.0219 e. The standard InChI is InChI=1S/C10H22N2/c1-8(2)4-6-12-7-5-10(11)9(12)3/h8-10H,4-7,11H2,1-3H3. The van der Waals surface area contributed by atoms with Gasteiger partial charge in [0.15, 0.2) is 0 Å². The molecule has 1 heterocycles. The first-order valence-corrected chi connectivity index (χ1v) is 5.11. The number of hydrogen-bond donors (Lipinski definition) is 1. The van der Waals surface area contributed by atoms with Crippen LogP contribution < -0.4 is 5.73 Å². The summed E-state index contributed by atoms with van der Waals surface area (Å²) in [4.78, 5) is 2.52. The minimum absolute atomic E-state index is 0.414. The van der Waals surface area contributed by atoms with Crippen molar-refractivity contribution in [3.8, 4) is 0 Å². The summed E-state index contributed by atoms with van der Waals surface area (Å²) < 4.78 is 0. The second kappa shape index (κ2) is 4.24. The van der Waals surface area contributed by atoms with E-state index in [9.17, 15) is 0 Å². The maximum Gasteiger partial charge on any atom is 0.0219 e. The molecule has 1 saturated heterocycles. The van der Waals surface area contributed by atoms with Crippen LogP contribution >= 0.6 is 0 Å². The lowest BCUT2D eigenvalue weighted by Gasteiger charge is -2.23. The molecule has 2 nitrogen and oxygen atoms in total. The Morgan fingerprint density at radius 1 is 1.50 bits per heavy atom. The van der Waals surface area contributed by atoms with E-state index in [4.69, 9.17) is 5.73 Å². The normalized spacial score (nSPS) is 31.8. The molecule has 2 heteroatoms. The highest BCUT2D eigenvalue weighted by Gasteiger charge is 2.26. The molecular formula is C10H22N2. The Hall–Kier alpha value is -0.0800. The first kappa shape index (κ1) is 10.0. The number of rotatable bonds is 3. The maximum absolute atomic E-state index is 5.93. The molecule has 0 aliphatic carbocycles. The quantitative estimate of drug-likeness (QED) is 0.694. The van der Waals surface area contributed by atoms with Crippen LogP contribution in [0.25, 0.3) is 0 Å². The molecule has 0 aromatic carbocycles. The van der Waals surface area contributed by atoms with Crippen molar-refractivity contribution >= 4 is 0 Å². The second-order valence-electron chi connectivity index (χ2n) is 4.41. The lowest BCUT2D eigenvalue weighted by molar-refractivity contribution is 0.245. The fourth-order valence-electron chi connectivity index (χ4n) is 1.77. The van der Waals surface area contributed by atoms with Gasteiger partial charge in [-0.2, -0.15) is 0 Å². The molecule has 12 heavy (non-hydrogen) atoms.